The molecular weight excluding hydrogens is 198 g/mol. The van der Waals surface area contributed by atoms with Crippen LogP contribution < -0.4 is 5.32 Å². The minimum Gasteiger partial charge on any atom is -0.480 e. The molecule has 1 unspecified atom stereocenters. The first-order valence-corrected chi connectivity index (χ1v) is 5.14. The van der Waals surface area contributed by atoms with E-state index in [4.69, 9.17) is 4.74 Å². The van der Waals surface area contributed by atoms with Crippen molar-refractivity contribution in [3.05, 3.63) is 0 Å². The van der Waals surface area contributed by atoms with E-state index < -0.39 is 11.5 Å². The number of rotatable bonds is 4. The lowest BCUT2D eigenvalue weighted by Gasteiger charge is -2.28. The molecule has 2 N–H and O–H groups in total. The molecule has 1 rings (SSSR count). The summed E-state index contributed by atoms with van der Waals surface area (Å²) in [5.41, 5.74) is -1.12. The van der Waals surface area contributed by atoms with Gasteiger partial charge in [0.2, 0.25) is 5.91 Å². The zero-order valence-corrected chi connectivity index (χ0v) is 8.91. The molecule has 0 aromatic heterocycles. The average molecular weight is 215 g/mol. The lowest BCUT2D eigenvalue weighted by Crippen LogP contribution is -2.54. The maximum atomic E-state index is 11.4. The van der Waals surface area contributed by atoms with Crippen LogP contribution in [0.3, 0.4) is 0 Å². The minimum atomic E-state index is -1.12. The third-order valence-corrected chi connectivity index (χ3v) is 2.78. The molecule has 0 saturated carbocycles. The lowest BCUT2D eigenvalue weighted by atomic mass is 9.90. The highest BCUT2D eigenvalue weighted by Crippen LogP contribution is 2.23. The van der Waals surface area contributed by atoms with E-state index in [-0.39, 0.29) is 5.91 Å². The summed E-state index contributed by atoms with van der Waals surface area (Å²) in [7, 11) is 1.52. The molecule has 15 heavy (non-hydrogen) atoms. The third-order valence-electron chi connectivity index (χ3n) is 2.78. The van der Waals surface area contributed by atoms with E-state index in [0.717, 1.165) is 12.8 Å². The zero-order chi connectivity index (χ0) is 11.3. The second kappa shape index (κ2) is 5.11. The molecule has 5 nitrogen and oxygen atoms in total. The van der Waals surface area contributed by atoms with Gasteiger partial charge in [-0.05, 0) is 19.3 Å². The fourth-order valence-electron chi connectivity index (χ4n) is 1.84. The first-order chi connectivity index (χ1) is 7.10. The van der Waals surface area contributed by atoms with E-state index >= 15 is 0 Å². The fraction of sp³-hybridized carbons (Fsp3) is 0.800. The highest BCUT2D eigenvalue weighted by atomic mass is 16.5. The molecule has 0 aromatic carbocycles. The standard InChI is InChI=1S/C10H17NO4/c1-15-7-6-10(9(13)14)5-3-2-4-8(12)11-10/h2-7H2,1H3,(H,11,12)(H,13,14). The summed E-state index contributed by atoms with van der Waals surface area (Å²) in [4.78, 5) is 22.6. The number of carbonyl (C=O) groups excluding carboxylic acids is 1. The highest BCUT2D eigenvalue weighted by Gasteiger charge is 2.40. The number of ether oxygens (including phenoxy) is 1. The quantitative estimate of drug-likeness (QED) is 0.717. The highest BCUT2D eigenvalue weighted by molar-refractivity contribution is 5.87. The summed E-state index contributed by atoms with van der Waals surface area (Å²) in [6, 6.07) is 0. The van der Waals surface area contributed by atoms with Crippen LogP contribution in [-0.2, 0) is 14.3 Å². The van der Waals surface area contributed by atoms with Crippen LogP contribution in [0.15, 0.2) is 0 Å². The smallest absolute Gasteiger partial charge is 0.329 e. The molecule has 0 spiro atoms. The van der Waals surface area contributed by atoms with Crippen LogP contribution in [0.5, 0.6) is 0 Å². The number of carboxylic acids is 1. The molecule has 1 atom stereocenters. The molecule has 86 valence electrons. The van der Waals surface area contributed by atoms with E-state index in [1.165, 1.54) is 7.11 Å². The Balaban J connectivity index is 2.76. The Morgan fingerprint density at radius 1 is 1.60 bits per heavy atom. The summed E-state index contributed by atoms with van der Waals surface area (Å²) in [5.74, 6) is -1.14. The average Bonchev–Trinajstić information content (AvgIpc) is 2.38. The van der Waals surface area contributed by atoms with Crippen molar-refractivity contribution in [1.29, 1.82) is 0 Å². The predicted molar refractivity (Wildman–Crippen MR) is 53.5 cm³/mol. The van der Waals surface area contributed by atoms with Crippen molar-refractivity contribution in [1.82, 2.24) is 5.32 Å². The maximum Gasteiger partial charge on any atom is 0.329 e. The van der Waals surface area contributed by atoms with Gasteiger partial charge < -0.3 is 15.2 Å². The van der Waals surface area contributed by atoms with Gasteiger partial charge in [-0.15, -0.1) is 0 Å². The molecule has 1 amide bonds. The lowest BCUT2D eigenvalue weighted by molar-refractivity contribution is -0.148. The topological polar surface area (TPSA) is 75.6 Å². The Labute approximate surface area is 88.8 Å². The van der Waals surface area contributed by atoms with Gasteiger partial charge in [-0.3, -0.25) is 4.79 Å². The maximum absolute atomic E-state index is 11.4. The second-order valence-corrected chi connectivity index (χ2v) is 3.89. The van der Waals surface area contributed by atoms with Gasteiger partial charge in [0, 0.05) is 26.6 Å². The molecule has 1 saturated heterocycles. The van der Waals surface area contributed by atoms with Gasteiger partial charge in [0.25, 0.3) is 0 Å². The van der Waals surface area contributed by atoms with Crippen molar-refractivity contribution >= 4 is 11.9 Å². The van der Waals surface area contributed by atoms with Crippen molar-refractivity contribution in [2.24, 2.45) is 0 Å². The summed E-state index contributed by atoms with van der Waals surface area (Å²) in [6.07, 6.45) is 2.74. The van der Waals surface area contributed by atoms with Crippen molar-refractivity contribution in [3.8, 4) is 0 Å². The zero-order valence-electron chi connectivity index (χ0n) is 8.91. The molecule has 1 aliphatic rings. The normalized spacial score (nSPS) is 26.9. The van der Waals surface area contributed by atoms with Crippen molar-refractivity contribution < 1.29 is 19.4 Å². The number of hydrogen-bond donors (Lipinski definition) is 2. The summed E-state index contributed by atoms with van der Waals surface area (Å²) in [5, 5.41) is 11.8. The first kappa shape index (κ1) is 12.0. The van der Waals surface area contributed by atoms with E-state index in [0.29, 0.717) is 25.9 Å². The largest absolute Gasteiger partial charge is 0.480 e. The Bertz CT molecular complexity index is 254. The summed E-state index contributed by atoms with van der Waals surface area (Å²) in [6.45, 7) is 0.340. The van der Waals surface area contributed by atoms with Gasteiger partial charge in [0.15, 0.2) is 0 Å². The number of aliphatic carboxylic acids is 1. The molecule has 1 heterocycles. The van der Waals surface area contributed by atoms with Crippen LogP contribution in [0.25, 0.3) is 0 Å². The van der Waals surface area contributed by atoms with Crippen LogP contribution >= 0.6 is 0 Å². The number of amides is 1. The molecule has 0 radical (unpaired) electrons. The monoisotopic (exact) mass is 215 g/mol. The molecule has 0 bridgehead atoms. The molecule has 0 aromatic rings. The molecule has 5 heteroatoms. The van der Waals surface area contributed by atoms with Gasteiger partial charge >= 0.3 is 5.97 Å². The fourth-order valence-corrected chi connectivity index (χ4v) is 1.84. The van der Waals surface area contributed by atoms with E-state index in [1.54, 1.807) is 0 Å². The van der Waals surface area contributed by atoms with Crippen molar-refractivity contribution in [2.45, 2.75) is 37.6 Å². The molecule has 1 aliphatic heterocycles. The van der Waals surface area contributed by atoms with Crippen molar-refractivity contribution in [3.63, 3.8) is 0 Å². The van der Waals surface area contributed by atoms with Crippen LogP contribution in [-0.4, -0.2) is 36.2 Å². The molecule has 0 aliphatic carbocycles. The molecule has 1 fully saturated rings. The van der Waals surface area contributed by atoms with Crippen LogP contribution in [0.2, 0.25) is 0 Å². The van der Waals surface area contributed by atoms with Gasteiger partial charge in [-0.25, -0.2) is 4.79 Å². The Kier molecular flexibility index (Phi) is 4.08. The SMILES string of the molecule is COCCC1(C(=O)O)CCCCC(=O)N1. The third kappa shape index (κ3) is 2.92. The second-order valence-electron chi connectivity index (χ2n) is 3.89. The van der Waals surface area contributed by atoms with E-state index in [9.17, 15) is 14.7 Å². The number of carbonyl (C=O) groups is 2. The Morgan fingerprint density at radius 3 is 2.93 bits per heavy atom. The van der Waals surface area contributed by atoms with Gasteiger partial charge in [-0.2, -0.15) is 0 Å². The number of methoxy groups -OCH3 is 1. The molecular formula is C10H17NO4. The number of carboxylic acid groups (broad SMARTS) is 1. The number of hydrogen-bond acceptors (Lipinski definition) is 3. The van der Waals surface area contributed by atoms with Crippen LogP contribution in [0, 0.1) is 0 Å². The first-order valence-electron chi connectivity index (χ1n) is 5.14. The minimum absolute atomic E-state index is 0.175. The number of nitrogens with one attached hydrogen (secondary N) is 1. The Hall–Kier alpha value is -1.10. The summed E-state index contributed by atoms with van der Waals surface area (Å²) >= 11 is 0. The summed E-state index contributed by atoms with van der Waals surface area (Å²) < 4.78 is 4.88. The van der Waals surface area contributed by atoms with Crippen LogP contribution in [0.1, 0.15) is 32.1 Å². The van der Waals surface area contributed by atoms with Gasteiger partial charge in [0.1, 0.15) is 5.54 Å². The van der Waals surface area contributed by atoms with E-state index in [1.807, 2.05) is 0 Å². The predicted octanol–water partition coefficient (Wildman–Crippen LogP) is 0.536. The van der Waals surface area contributed by atoms with Crippen LogP contribution in [0.4, 0.5) is 0 Å². The Morgan fingerprint density at radius 2 is 2.33 bits per heavy atom. The van der Waals surface area contributed by atoms with Crippen molar-refractivity contribution in [2.75, 3.05) is 13.7 Å². The van der Waals surface area contributed by atoms with Gasteiger partial charge in [-0.1, -0.05) is 0 Å². The van der Waals surface area contributed by atoms with E-state index in [2.05, 4.69) is 5.32 Å². The van der Waals surface area contributed by atoms with Gasteiger partial charge in [0.05, 0.1) is 0 Å².